The molecule has 0 radical (unpaired) electrons. The maximum Gasteiger partial charge on any atom is 0.129 e. The molecule has 23 heavy (non-hydrogen) atoms. The van der Waals surface area contributed by atoms with E-state index in [9.17, 15) is 9.50 Å². The van der Waals surface area contributed by atoms with Crippen molar-refractivity contribution in [3.63, 3.8) is 0 Å². The van der Waals surface area contributed by atoms with Crippen LogP contribution in [0.4, 0.5) is 4.39 Å². The lowest BCUT2D eigenvalue weighted by Gasteiger charge is -2.26. The third kappa shape index (κ3) is 2.07. The number of furan rings is 1. The molecular weight excluding hydrogens is 295 g/mol. The van der Waals surface area contributed by atoms with Crippen LogP contribution in [0.3, 0.4) is 0 Å². The lowest BCUT2D eigenvalue weighted by Crippen LogP contribution is -2.26. The summed E-state index contributed by atoms with van der Waals surface area (Å²) in [6.07, 6.45) is 3.30. The van der Waals surface area contributed by atoms with Crippen molar-refractivity contribution in [3.8, 4) is 0 Å². The van der Waals surface area contributed by atoms with Crippen LogP contribution in [0.2, 0.25) is 0 Å². The van der Waals surface area contributed by atoms with Gasteiger partial charge in [-0.2, -0.15) is 0 Å². The molecule has 3 heterocycles. The van der Waals surface area contributed by atoms with E-state index in [-0.39, 0.29) is 11.9 Å². The number of rotatable bonds is 3. The first kappa shape index (κ1) is 14.3. The molecule has 2 aliphatic rings. The van der Waals surface area contributed by atoms with Gasteiger partial charge in [-0.25, -0.2) is 4.39 Å². The molecule has 0 aliphatic carbocycles. The summed E-state index contributed by atoms with van der Waals surface area (Å²) in [7, 11) is 0. The second-order valence-corrected chi connectivity index (χ2v) is 6.22. The minimum atomic E-state index is -0.689. The first-order valence-corrected chi connectivity index (χ1v) is 7.79. The molecule has 0 saturated carbocycles. The molecule has 0 bridgehead atoms. The van der Waals surface area contributed by atoms with Gasteiger partial charge in [0.05, 0.1) is 30.8 Å². The molecule has 2 aromatic rings. The smallest absolute Gasteiger partial charge is 0.129 e. The van der Waals surface area contributed by atoms with Gasteiger partial charge in [-0.05, 0) is 25.5 Å². The van der Waals surface area contributed by atoms with Crippen molar-refractivity contribution in [2.45, 2.75) is 32.4 Å². The van der Waals surface area contributed by atoms with E-state index in [4.69, 9.17) is 4.42 Å². The molecule has 4 rings (SSSR count). The molecule has 0 saturated heterocycles. The van der Waals surface area contributed by atoms with Crippen LogP contribution in [0.25, 0.3) is 5.70 Å². The second-order valence-electron chi connectivity index (χ2n) is 6.22. The maximum absolute atomic E-state index is 14.4. The fourth-order valence-corrected chi connectivity index (χ4v) is 3.83. The maximum atomic E-state index is 14.4. The van der Waals surface area contributed by atoms with Crippen LogP contribution in [0.15, 0.2) is 35.1 Å². The number of hydrogen-bond acceptors (Lipinski definition) is 4. The zero-order valence-corrected chi connectivity index (χ0v) is 13.1. The Labute approximate surface area is 134 Å². The lowest BCUT2D eigenvalue weighted by molar-refractivity contribution is 0.128. The molecule has 0 amide bonds. The van der Waals surface area contributed by atoms with Gasteiger partial charge in [-0.15, -0.1) is 0 Å². The summed E-state index contributed by atoms with van der Waals surface area (Å²) in [6.45, 7) is 4.39. The normalized spacial score (nSPS) is 20.1. The highest BCUT2D eigenvalue weighted by Gasteiger charge is 2.39. The number of aryl methyl sites for hydroxylation is 2. The van der Waals surface area contributed by atoms with Gasteiger partial charge in [0.25, 0.3) is 0 Å². The Morgan fingerprint density at radius 1 is 1.43 bits per heavy atom. The summed E-state index contributed by atoms with van der Waals surface area (Å²) in [5.41, 5.74) is 4.33. The van der Waals surface area contributed by atoms with E-state index < -0.39 is 6.10 Å². The van der Waals surface area contributed by atoms with Gasteiger partial charge >= 0.3 is 0 Å². The Hall–Kier alpha value is -2.27. The van der Waals surface area contributed by atoms with Crippen molar-refractivity contribution in [2.24, 2.45) is 0 Å². The van der Waals surface area contributed by atoms with Crippen LogP contribution in [0.5, 0.6) is 0 Å². The van der Waals surface area contributed by atoms with Crippen LogP contribution >= 0.6 is 0 Å². The minimum Gasteiger partial charge on any atom is -0.469 e. The second kappa shape index (κ2) is 5.13. The molecule has 4 nitrogen and oxygen atoms in total. The van der Waals surface area contributed by atoms with Gasteiger partial charge in [0.2, 0.25) is 0 Å². The third-order valence-electron chi connectivity index (χ3n) is 4.84. The molecule has 1 aromatic carbocycles. The number of aliphatic hydroxyl groups is 1. The standard InChI is InChI=1S/C18H19FN2O2/c1-10-8-23-11(2)17(10)16(22)6-14-18-12(4-3-5-13(18)19)15-7-20-9-21(14)15/h3-5,7-8,14,16,20,22H,6,9H2,1-2H3. The highest BCUT2D eigenvalue weighted by molar-refractivity contribution is 5.73. The number of nitrogens with one attached hydrogen (secondary N) is 1. The number of benzene rings is 1. The third-order valence-corrected chi connectivity index (χ3v) is 4.84. The SMILES string of the molecule is Cc1coc(C)c1C(O)CC1c2c(F)cccc2C2=CNCN21. The molecule has 1 aromatic heterocycles. The first-order valence-electron chi connectivity index (χ1n) is 7.79. The molecule has 0 fully saturated rings. The largest absolute Gasteiger partial charge is 0.469 e. The van der Waals surface area contributed by atoms with E-state index in [1.807, 2.05) is 26.1 Å². The van der Waals surface area contributed by atoms with E-state index >= 15 is 0 Å². The Bertz CT molecular complexity index is 777. The van der Waals surface area contributed by atoms with Crippen LogP contribution in [-0.2, 0) is 0 Å². The predicted octanol–water partition coefficient (Wildman–Crippen LogP) is 3.38. The van der Waals surface area contributed by atoms with Crippen molar-refractivity contribution in [1.29, 1.82) is 0 Å². The highest BCUT2D eigenvalue weighted by Crippen LogP contribution is 2.47. The summed E-state index contributed by atoms with van der Waals surface area (Å²) < 4.78 is 19.8. The molecule has 5 heteroatoms. The van der Waals surface area contributed by atoms with E-state index in [1.165, 1.54) is 6.07 Å². The van der Waals surface area contributed by atoms with E-state index in [2.05, 4.69) is 10.2 Å². The van der Waals surface area contributed by atoms with Crippen LogP contribution in [-0.4, -0.2) is 16.7 Å². The zero-order chi connectivity index (χ0) is 16.1. The predicted molar refractivity (Wildman–Crippen MR) is 84.7 cm³/mol. The van der Waals surface area contributed by atoms with Crippen LogP contribution < -0.4 is 5.32 Å². The number of halogens is 1. The topological polar surface area (TPSA) is 48.6 Å². The van der Waals surface area contributed by atoms with E-state index in [0.29, 0.717) is 18.7 Å². The van der Waals surface area contributed by atoms with E-state index in [0.717, 1.165) is 28.1 Å². The van der Waals surface area contributed by atoms with Gasteiger partial charge in [0.1, 0.15) is 11.6 Å². The molecule has 2 unspecified atom stereocenters. The fourth-order valence-electron chi connectivity index (χ4n) is 3.83. The number of hydrogen-bond donors (Lipinski definition) is 2. The molecule has 2 N–H and O–H groups in total. The Morgan fingerprint density at radius 2 is 2.26 bits per heavy atom. The lowest BCUT2D eigenvalue weighted by atomic mass is 9.94. The zero-order valence-electron chi connectivity index (χ0n) is 13.1. The molecule has 0 spiro atoms. The average Bonchev–Trinajstić information content (AvgIpc) is 3.17. The Morgan fingerprint density at radius 3 is 3.00 bits per heavy atom. The van der Waals surface area contributed by atoms with Crippen molar-refractivity contribution >= 4 is 5.70 Å². The molecular formula is C18H19FN2O2. The average molecular weight is 314 g/mol. The monoisotopic (exact) mass is 314 g/mol. The number of nitrogens with zero attached hydrogens (tertiary/aromatic N) is 1. The van der Waals surface area contributed by atoms with Crippen molar-refractivity contribution in [3.05, 3.63) is 64.5 Å². The summed E-state index contributed by atoms with van der Waals surface area (Å²) >= 11 is 0. The summed E-state index contributed by atoms with van der Waals surface area (Å²) in [5, 5.41) is 13.9. The van der Waals surface area contributed by atoms with Gasteiger partial charge < -0.3 is 19.7 Å². The first-order chi connectivity index (χ1) is 11.1. The number of aliphatic hydroxyl groups excluding tert-OH is 1. The summed E-state index contributed by atoms with van der Waals surface area (Å²) in [5.74, 6) is 0.507. The van der Waals surface area contributed by atoms with Crippen molar-refractivity contribution in [2.75, 3.05) is 6.67 Å². The minimum absolute atomic E-state index is 0.184. The van der Waals surface area contributed by atoms with Crippen LogP contribution in [0.1, 0.15) is 46.6 Å². The molecule has 120 valence electrons. The fraction of sp³-hybridized carbons (Fsp3) is 0.333. The van der Waals surface area contributed by atoms with Gasteiger partial charge in [-0.3, -0.25) is 0 Å². The van der Waals surface area contributed by atoms with Crippen molar-refractivity contribution < 1.29 is 13.9 Å². The Kier molecular flexibility index (Phi) is 3.20. The molecule has 2 atom stereocenters. The highest BCUT2D eigenvalue weighted by atomic mass is 19.1. The quantitative estimate of drug-likeness (QED) is 0.912. The Balaban J connectivity index is 1.71. The van der Waals surface area contributed by atoms with Crippen LogP contribution in [0, 0.1) is 19.7 Å². The van der Waals surface area contributed by atoms with Crippen molar-refractivity contribution in [1.82, 2.24) is 10.2 Å². The summed E-state index contributed by atoms with van der Waals surface area (Å²) in [4.78, 5) is 2.11. The summed E-state index contributed by atoms with van der Waals surface area (Å²) in [6, 6.07) is 4.97. The van der Waals surface area contributed by atoms with E-state index in [1.54, 1.807) is 12.3 Å². The molecule has 2 aliphatic heterocycles. The van der Waals surface area contributed by atoms with Gasteiger partial charge in [0.15, 0.2) is 0 Å². The van der Waals surface area contributed by atoms with Gasteiger partial charge in [0, 0.05) is 29.3 Å². The number of fused-ring (bicyclic) bond motifs is 3. The van der Waals surface area contributed by atoms with Gasteiger partial charge in [-0.1, -0.05) is 12.1 Å².